The molecule has 3 rings (SSSR count). The van der Waals surface area contributed by atoms with Gasteiger partial charge in [-0.3, -0.25) is 14.3 Å². The third kappa shape index (κ3) is 4.56. The Kier molecular flexibility index (Phi) is 6.49. The van der Waals surface area contributed by atoms with Crippen LogP contribution in [0.3, 0.4) is 0 Å². The normalized spacial score (nSPS) is 10.7. The van der Waals surface area contributed by atoms with Crippen LogP contribution in [-0.2, 0) is 17.9 Å². The molecule has 0 bridgehead atoms. The monoisotopic (exact) mass is 395 g/mol. The Balaban J connectivity index is 1.80. The molecule has 0 aliphatic heterocycles. The average molecular weight is 395 g/mol. The second kappa shape index (κ2) is 9.23. The van der Waals surface area contributed by atoms with Gasteiger partial charge in [-0.1, -0.05) is 18.2 Å². The second-order valence-electron chi connectivity index (χ2n) is 6.51. The lowest BCUT2D eigenvalue weighted by Gasteiger charge is -2.22. The SMILES string of the molecule is CCOc1ccc(CN(CC)C(=O)Cn2ncc(=O)c3ccccc32)cc1OC. The van der Waals surface area contributed by atoms with Crippen LogP contribution in [0.15, 0.2) is 53.5 Å². The van der Waals surface area contributed by atoms with Gasteiger partial charge in [-0.2, -0.15) is 5.10 Å². The van der Waals surface area contributed by atoms with Crippen LogP contribution in [0.2, 0.25) is 0 Å². The highest BCUT2D eigenvalue weighted by Crippen LogP contribution is 2.28. The summed E-state index contributed by atoms with van der Waals surface area (Å²) in [6, 6.07) is 12.8. The van der Waals surface area contributed by atoms with E-state index in [9.17, 15) is 9.59 Å². The molecule has 152 valence electrons. The summed E-state index contributed by atoms with van der Waals surface area (Å²) >= 11 is 0. The summed E-state index contributed by atoms with van der Waals surface area (Å²) in [5.74, 6) is 1.24. The van der Waals surface area contributed by atoms with Gasteiger partial charge in [0.05, 0.1) is 25.4 Å². The Morgan fingerprint density at radius 3 is 2.66 bits per heavy atom. The number of carbonyl (C=O) groups is 1. The van der Waals surface area contributed by atoms with Gasteiger partial charge in [0.15, 0.2) is 11.5 Å². The minimum absolute atomic E-state index is 0.0583. The summed E-state index contributed by atoms with van der Waals surface area (Å²) in [5.41, 5.74) is 1.43. The Labute approximate surface area is 169 Å². The van der Waals surface area contributed by atoms with Gasteiger partial charge < -0.3 is 14.4 Å². The summed E-state index contributed by atoms with van der Waals surface area (Å²) < 4.78 is 12.5. The molecular weight excluding hydrogens is 370 g/mol. The molecule has 7 nitrogen and oxygen atoms in total. The molecule has 3 aromatic rings. The van der Waals surface area contributed by atoms with Gasteiger partial charge in [0.25, 0.3) is 0 Å². The first-order valence-corrected chi connectivity index (χ1v) is 9.59. The number of hydrogen-bond donors (Lipinski definition) is 0. The van der Waals surface area contributed by atoms with Crippen molar-refractivity contribution in [3.8, 4) is 11.5 Å². The fourth-order valence-electron chi connectivity index (χ4n) is 3.20. The van der Waals surface area contributed by atoms with Gasteiger partial charge in [-0.25, -0.2) is 0 Å². The highest BCUT2D eigenvalue weighted by atomic mass is 16.5. The maximum atomic E-state index is 12.9. The Hall–Kier alpha value is -3.35. The highest BCUT2D eigenvalue weighted by molar-refractivity contribution is 5.81. The van der Waals surface area contributed by atoms with E-state index in [0.29, 0.717) is 42.1 Å². The molecule has 0 saturated heterocycles. The number of nitrogens with zero attached hydrogens (tertiary/aromatic N) is 3. The molecule has 0 unspecified atom stereocenters. The van der Waals surface area contributed by atoms with Crippen LogP contribution in [0, 0.1) is 0 Å². The van der Waals surface area contributed by atoms with Gasteiger partial charge in [-0.15, -0.1) is 0 Å². The van der Waals surface area contributed by atoms with E-state index >= 15 is 0 Å². The van der Waals surface area contributed by atoms with Gasteiger partial charge in [0.2, 0.25) is 11.3 Å². The van der Waals surface area contributed by atoms with E-state index in [1.54, 1.807) is 34.9 Å². The fourth-order valence-corrected chi connectivity index (χ4v) is 3.20. The van der Waals surface area contributed by atoms with E-state index in [0.717, 1.165) is 5.56 Å². The predicted molar refractivity (Wildman–Crippen MR) is 111 cm³/mol. The lowest BCUT2D eigenvalue weighted by Crippen LogP contribution is -2.34. The second-order valence-corrected chi connectivity index (χ2v) is 6.51. The first kappa shape index (κ1) is 20.4. The van der Waals surface area contributed by atoms with Crippen molar-refractivity contribution in [3.05, 3.63) is 64.4 Å². The quantitative estimate of drug-likeness (QED) is 0.586. The van der Waals surface area contributed by atoms with Crippen molar-refractivity contribution in [2.75, 3.05) is 20.3 Å². The molecular formula is C22H25N3O4. The molecule has 1 amide bonds. The number of methoxy groups -OCH3 is 1. The zero-order valence-electron chi connectivity index (χ0n) is 16.9. The van der Waals surface area contributed by atoms with Crippen LogP contribution in [0.1, 0.15) is 19.4 Å². The van der Waals surface area contributed by atoms with E-state index in [4.69, 9.17) is 9.47 Å². The minimum Gasteiger partial charge on any atom is -0.493 e. The van der Waals surface area contributed by atoms with Crippen LogP contribution in [0.25, 0.3) is 10.9 Å². The number of fused-ring (bicyclic) bond motifs is 1. The van der Waals surface area contributed by atoms with Crippen molar-refractivity contribution >= 4 is 16.8 Å². The molecule has 1 aromatic heterocycles. The Morgan fingerprint density at radius 2 is 1.93 bits per heavy atom. The summed E-state index contributed by atoms with van der Waals surface area (Å²) in [4.78, 5) is 26.7. The van der Waals surface area contributed by atoms with Crippen molar-refractivity contribution in [2.45, 2.75) is 26.9 Å². The van der Waals surface area contributed by atoms with E-state index in [1.807, 2.05) is 38.1 Å². The Bertz CT molecular complexity index is 1060. The molecule has 0 atom stereocenters. The zero-order valence-corrected chi connectivity index (χ0v) is 16.9. The standard InChI is InChI=1S/C22H25N3O4/c1-4-24(14-16-10-11-20(29-5-2)21(12-16)28-3)22(27)15-25-18-9-7-6-8-17(18)19(26)13-23-25/h6-13H,4-5,14-15H2,1-3H3. The summed E-state index contributed by atoms with van der Waals surface area (Å²) in [6.45, 7) is 5.45. The number of carbonyl (C=O) groups excluding carboxylic acids is 1. The Morgan fingerprint density at radius 1 is 1.14 bits per heavy atom. The maximum Gasteiger partial charge on any atom is 0.244 e. The van der Waals surface area contributed by atoms with Crippen LogP contribution in [-0.4, -0.2) is 40.8 Å². The van der Waals surface area contributed by atoms with Crippen LogP contribution >= 0.6 is 0 Å². The van der Waals surface area contributed by atoms with E-state index in [2.05, 4.69) is 5.10 Å². The van der Waals surface area contributed by atoms with Gasteiger partial charge >= 0.3 is 0 Å². The lowest BCUT2D eigenvalue weighted by molar-refractivity contribution is -0.132. The molecule has 29 heavy (non-hydrogen) atoms. The molecule has 0 aliphatic carbocycles. The van der Waals surface area contributed by atoms with Crippen molar-refractivity contribution in [3.63, 3.8) is 0 Å². The molecule has 0 radical (unpaired) electrons. The largest absolute Gasteiger partial charge is 0.493 e. The minimum atomic E-state index is -0.155. The van der Waals surface area contributed by atoms with Crippen molar-refractivity contribution in [1.29, 1.82) is 0 Å². The number of aromatic nitrogens is 2. The van der Waals surface area contributed by atoms with Crippen LogP contribution < -0.4 is 14.9 Å². The van der Waals surface area contributed by atoms with Gasteiger partial charge in [0, 0.05) is 18.5 Å². The molecule has 0 N–H and O–H groups in total. The third-order valence-electron chi connectivity index (χ3n) is 4.68. The van der Waals surface area contributed by atoms with E-state index in [-0.39, 0.29) is 17.9 Å². The summed E-state index contributed by atoms with van der Waals surface area (Å²) in [5, 5.41) is 4.70. The third-order valence-corrected chi connectivity index (χ3v) is 4.68. The smallest absolute Gasteiger partial charge is 0.244 e. The number of benzene rings is 2. The molecule has 0 aliphatic rings. The first-order chi connectivity index (χ1) is 14.1. The number of hydrogen-bond acceptors (Lipinski definition) is 5. The van der Waals surface area contributed by atoms with Crippen LogP contribution in [0.4, 0.5) is 0 Å². The molecule has 1 heterocycles. The summed E-state index contributed by atoms with van der Waals surface area (Å²) in [6.07, 6.45) is 1.25. The predicted octanol–water partition coefficient (Wildman–Crippen LogP) is 2.85. The lowest BCUT2D eigenvalue weighted by atomic mass is 10.2. The molecule has 0 saturated carbocycles. The molecule has 2 aromatic carbocycles. The fraction of sp³-hybridized carbons (Fsp3) is 0.318. The number of para-hydroxylation sites is 1. The van der Waals surface area contributed by atoms with Crippen molar-refractivity contribution < 1.29 is 14.3 Å². The first-order valence-electron chi connectivity index (χ1n) is 9.59. The van der Waals surface area contributed by atoms with E-state index in [1.165, 1.54) is 6.20 Å². The number of likely N-dealkylation sites (N-methyl/N-ethyl adjacent to an activating group) is 1. The van der Waals surface area contributed by atoms with Crippen molar-refractivity contribution in [2.24, 2.45) is 0 Å². The van der Waals surface area contributed by atoms with E-state index < -0.39 is 0 Å². The number of ether oxygens (including phenoxy) is 2. The molecule has 7 heteroatoms. The van der Waals surface area contributed by atoms with Gasteiger partial charge in [-0.05, 0) is 43.7 Å². The zero-order chi connectivity index (χ0) is 20.8. The van der Waals surface area contributed by atoms with Gasteiger partial charge in [0.1, 0.15) is 6.54 Å². The number of rotatable bonds is 8. The molecule has 0 spiro atoms. The number of amides is 1. The average Bonchev–Trinajstić information content (AvgIpc) is 2.75. The topological polar surface area (TPSA) is 73.7 Å². The summed E-state index contributed by atoms with van der Waals surface area (Å²) in [7, 11) is 1.59. The maximum absolute atomic E-state index is 12.9. The highest BCUT2D eigenvalue weighted by Gasteiger charge is 2.16. The van der Waals surface area contributed by atoms with Crippen LogP contribution in [0.5, 0.6) is 11.5 Å². The van der Waals surface area contributed by atoms with Crippen molar-refractivity contribution in [1.82, 2.24) is 14.7 Å². The molecule has 0 fully saturated rings.